The summed E-state index contributed by atoms with van der Waals surface area (Å²) in [5.74, 6) is -0.307. The lowest BCUT2D eigenvalue weighted by Crippen LogP contribution is -2.45. The molecule has 0 spiro atoms. The number of rotatable bonds is 7. The summed E-state index contributed by atoms with van der Waals surface area (Å²) in [4.78, 5) is 25.7. The summed E-state index contributed by atoms with van der Waals surface area (Å²) in [6, 6.07) is -0.491. The van der Waals surface area contributed by atoms with Crippen molar-refractivity contribution < 1.29 is 23.1 Å². The molecular formula is C14H22F2N2O3. The molecule has 0 aromatic heterocycles. The van der Waals surface area contributed by atoms with Gasteiger partial charge in [-0.05, 0) is 12.8 Å². The Morgan fingerprint density at radius 1 is 1.24 bits per heavy atom. The lowest BCUT2D eigenvalue weighted by atomic mass is 9.94. The zero-order valence-electron chi connectivity index (χ0n) is 12.0. The first-order valence-corrected chi connectivity index (χ1v) is 7.54. The molecule has 1 aliphatic carbocycles. The lowest BCUT2D eigenvalue weighted by molar-refractivity contribution is -0.142. The first-order valence-electron chi connectivity index (χ1n) is 7.54. The van der Waals surface area contributed by atoms with Crippen LogP contribution >= 0.6 is 0 Å². The van der Waals surface area contributed by atoms with Gasteiger partial charge in [0.25, 0.3) is 6.43 Å². The molecular weight excluding hydrogens is 282 g/mol. The molecule has 0 aromatic rings. The van der Waals surface area contributed by atoms with Crippen molar-refractivity contribution in [3.8, 4) is 0 Å². The van der Waals surface area contributed by atoms with Crippen LogP contribution in [0.5, 0.6) is 0 Å². The predicted octanol–water partition coefficient (Wildman–Crippen LogP) is 1.32. The topological polar surface area (TPSA) is 58.6 Å². The molecule has 1 atom stereocenters. The summed E-state index contributed by atoms with van der Waals surface area (Å²) in [5, 5.41) is 2.92. The maximum absolute atomic E-state index is 12.3. The quantitative estimate of drug-likeness (QED) is 0.569. The maximum atomic E-state index is 12.3. The van der Waals surface area contributed by atoms with E-state index >= 15 is 0 Å². The molecule has 2 amide bonds. The van der Waals surface area contributed by atoms with Gasteiger partial charge in [0.05, 0.1) is 19.1 Å². The van der Waals surface area contributed by atoms with Crippen LogP contribution in [-0.2, 0) is 14.3 Å². The fourth-order valence-electron chi connectivity index (χ4n) is 3.01. The summed E-state index contributed by atoms with van der Waals surface area (Å²) in [7, 11) is 0. The molecule has 2 rings (SSSR count). The fourth-order valence-corrected chi connectivity index (χ4v) is 3.01. The zero-order chi connectivity index (χ0) is 15.2. The highest BCUT2D eigenvalue weighted by Gasteiger charge is 2.42. The van der Waals surface area contributed by atoms with E-state index < -0.39 is 19.1 Å². The first-order chi connectivity index (χ1) is 10.1. The molecule has 1 unspecified atom stereocenters. The molecule has 1 aliphatic heterocycles. The number of hydrogen-bond acceptors (Lipinski definition) is 4. The van der Waals surface area contributed by atoms with Crippen molar-refractivity contribution in [2.45, 2.75) is 57.0 Å². The van der Waals surface area contributed by atoms with Crippen LogP contribution in [0.3, 0.4) is 0 Å². The van der Waals surface area contributed by atoms with Crippen molar-refractivity contribution in [1.29, 1.82) is 0 Å². The largest absolute Gasteiger partial charge is 0.374 e. The van der Waals surface area contributed by atoms with Gasteiger partial charge in [0.1, 0.15) is 6.61 Å². The smallest absolute Gasteiger partial charge is 0.261 e. The number of carbonyl (C=O) groups is 2. The van der Waals surface area contributed by atoms with E-state index in [0.717, 1.165) is 32.1 Å². The van der Waals surface area contributed by atoms with Gasteiger partial charge in [0.2, 0.25) is 11.8 Å². The van der Waals surface area contributed by atoms with E-state index in [1.165, 1.54) is 4.90 Å². The molecule has 2 fully saturated rings. The van der Waals surface area contributed by atoms with Gasteiger partial charge in [0.15, 0.2) is 0 Å². The van der Waals surface area contributed by atoms with Crippen molar-refractivity contribution in [1.82, 2.24) is 10.2 Å². The monoisotopic (exact) mass is 304 g/mol. The van der Waals surface area contributed by atoms with Crippen molar-refractivity contribution in [2.24, 2.45) is 0 Å². The molecule has 1 N–H and O–H groups in total. The second-order valence-corrected chi connectivity index (χ2v) is 5.57. The van der Waals surface area contributed by atoms with Gasteiger partial charge in [-0.1, -0.05) is 19.3 Å². The molecule has 120 valence electrons. The Hall–Kier alpha value is -1.08. The lowest BCUT2D eigenvalue weighted by Gasteiger charge is -2.29. The van der Waals surface area contributed by atoms with Gasteiger partial charge in [-0.3, -0.25) is 14.5 Å². The summed E-state index contributed by atoms with van der Waals surface area (Å²) >= 11 is 0. The summed E-state index contributed by atoms with van der Waals surface area (Å²) in [5.41, 5.74) is 0. The highest BCUT2D eigenvalue weighted by atomic mass is 19.3. The van der Waals surface area contributed by atoms with E-state index in [0.29, 0.717) is 0 Å². The number of halogens is 2. The Morgan fingerprint density at radius 2 is 1.95 bits per heavy atom. The predicted molar refractivity (Wildman–Crippen MR) is 72.0 cm³/mol. The van der Waals surface area contributed by atoms with Crippen LogP contribution < -0.4 is 5.32 Å². The molecule has 2 aliphatic rings. The molecule has 0 radical (unpaired) electrons. The van der Waals surface area contributed by atoms with Crippen molar-refractivity contribution in [2.75, 3.05) is 19.8 Å². The minimum Gasteiger partial charge on any atom is -0.374 e. The van der Waals surface area contributed by atoms with Crippen LogP contribution in [0.25, 0.3) is 0 Å². The van der Waals surface area contributed by atoms with Gasteiger partial charge >= 0.3 is 0 Å². The van der Waals surface area contributed by atoms with Gasteiger partial charge in [-0.25, -0.2) is 8.78 Å². The van der Waals surface area contributed by atoms with Crippen LogP contribution in [0.15, 0.2) is 0 Å². The standard InChI is InChI=1S/C14H22F2N2O3/c15-12(16)9-21-7-6-17-11-8-13(19)18(14(11)20)10-4-2-1-3-5-10/h10-12,17H,1-9H2. The average Bonchev–Trinajstić information content (AvgIpc) is 2.74. The SMILES string of the molecule is O=C1CC(NCCOCC(F)F)C(=O)N1C1CCCCC1. The molecule has 1 saturated carbocycles. The number of imide groups is 1. The van der Waals surface area contributed by atoms with E-state index in [4.69, 9.17) is 4.74 Å². The molecule has 21 heavy (non-hydrogen) atoms. The van der Waals surface area contributed by atoms with Gasteiger partial charge in [-0.2, -0.15) is 0 Å². The van der Waals surface area contributed by atoms with Crippen molar-refractivity contribution in [3.05, 3.63) is 0 Å². The molecule has 0 bridgehead atoms. The van der Waals surface area contributed by atoms with Crippen LogP contribution in [-0.4, -0.2) is 55.0 Å². The second kappa shape index (κ2) is 7.79. The number of nitrogens with zero attached hydrogens (tertiary/aromatic N) is 1. The Kier molecular flexibility index (Phi) is 6.05. The Bertz CT molecular complexity index is 373. The van der Waals surface area contributed by atoms with Crippen LogP contribution in [0.2, 0.25) is 0 Å². The molecule has 5 nitrogen and oxygen atoms in total. The summed E-state index contributed by atoms with van der Waals surface area (Å²) in [6.45, 7) is -0.214. The molecule has 1 heterocycles. The number of likely N-dealkylation sites (tertiary alicyclic amines) is 1. The molecule has 1 saturated heterocycles. The van der Waals surface area contributed by atoms with E-state index in [2.05, 4.69) is 5.32 Å². The number of hydrogen-bond donors (Lipinski definition) is 1. The van der Waals surface area contributed by atoms with Gasteiger partial charge in [-0.15, -0.1) is 0 Å². The normalized spacial score (nSPS) is 24.3. The number of ether oxygens (including phenoxy) is 1. The van der Waals surface area contributed by atoms with Crippen LogP contribution in [0, 0.1) is 0 Å². The minimum absolute atomic E-state index is 0.0423. The van der Waals surface area contributed by atoms with E-state index in [1.54, 1.807) is 0 Å². The maximum Gasteiger partial charge on any atom is 0.261 e. The highest BCUT2D eigenvalue weighted by Crippen LogP contribution is 2.27. The number of amides is 2. The van der Waals surface area contributed by atoms with Gasteiger partial charge < -0.3 is 10.1 Å². The third kappa shape index (κ3) is 4.44. The second-order valence-electron chi connectivity index (χ2n) is 5.57. The third-order valence-electron chi connectivity index (χ3n) is 4.00. The van der Waals surface area contributed by atoms with Gasteiger partial charge in [0, 0.05) is 12.6 Å². The highest BCUT2D eigenvalue weighted by molar-refractivity contribution is 6.05. The van der Waals surface area contributed by atoms with Crippen molar-refractivity contribution >= 4 is 11.8 Å². The number of alkyl halides is 2. The molecule has 7 heteroatoms. The first kappa shape index (κ1) is 16.3. The Labute approximate surface area is 123 Å². The molecule has 0 aromatic carbocycles. The van der Waals surface area contributed by atoms with E-state index in [-0.39, 0.29) is 37.4 Å². The van der Waals surface area contributed by atoms with E-state index in [1.807, 2.05) is 0 Å². The van der Waals surface area contributed by atoms with Crippen molar-refractivity contribution in [3.63, 3.8) is 0 Å². The Morgan fingerprint density at radius 3 is 2.62 bits per heavy atom. The summed E-state index contributed by atoms with van der Waals surface area (Å²) in [6.07, 6.45) is 2.73. The Balaban J connectivity index is 1.75. The fraction of sp³-hybridized carbons (Fsp3) is 0.857. The van der Waals surface area contributed by atoms with Crippen LogP contribution in [0.4, 0.5) is 8.78 Å². The number of carbonyl (C=O) groups excluding carboxylic acids is 2. The zero-order valence-corrected chi connectivity index (χ0v) is 12.0. The summed E-state index contributed by atoms with van der Waals surface area (Å²) < 4.78 is 28.5. The van der Waals surface area contributed by atoms with E-state index in [9.17, 15) is 18.4 Å². The minimum atomic E-state index is -2.48. The number of nitrogens with one attached hydrogen (secondary N) is 1. The average molecular weight is 304 g/mol. The third-order valence-corrected chi connectivity index (χ3v) is 4.00. The van der Waals surface area contributed by atoms with Crippen LogP contribution in [0.1, 0.15) is 38.5 Å².